The number of aliphatic hydroxyl groups is 1. The van der Waals surface area contributed by atoms with Crippen molar-refractivity contribution in [3.8, 4) is 0 Å². The number of aliphatic hydroxyl groups excluding tert-OH is 1. The largest absolute Gasteiger partial charge is 0.395 e. The summed E-state index contributed by atoms with van der Waals surface area (Å²) in [6.07, 6.45) is 2.28. The van der Waals surface area contributed by atoms with Crippen LogP contribution in [0.25, 0.3) is 0 Å². The van der Waals surface area contributed by atoms with Crippen LogP contribution >= 0.6 is 11.6 Å². The van der Waals surface area contributed by atoms with Gasteiger partial charge in [0.05, 0.1) is 6.61 Å². The summed E-state index contributed by atoms with van der Waals surface area (Å²) in [6, 6.07) is 6.71. The lowest BCUT2D eigenvalue weighted by atomic mass is 9.86. The van der Waals surface area contributed by atoms with Crippen LogP contribution in [0.2, 0.25) is 5.02 Å². The highest BCUT2D eigenvalue weighted by molar-refractivity contribution is 6.31. The van der Waals surface area contributed by atoms with E-state index in [-0.39, 0.29) is 12.0 Å². The Labute approximate surface area is 121 Å². The van der Waals surface area contributed by atoms with Crippen LogP contribution in [0.1, 0.15) is 44.7 Å². The summed E-state index contributed by atoms with van der Waals surface area (Å²) in [4.78, 5) is 2.35. The van der Waals surface area contributed by atoms with Crippen LogP contribution in [-0.2, 0) is 12.0 Å². The normalized spacial score (nSPS) is 21.0. The van der Waals surface area contributed by atoms with Crippen molar-refractivity contribution in [1.29, 1.82) is 0 Å². The van der Waals surface area contributed by atoms with E-state index < -0.39 is 0 Å². The molecule has 2 rings (SSSR count). The lowest BCUT2D eigenvalue weighted by Crippen LogP contribution is -2.31. The molecule has 106 valence electrons. The molecule has 3 heteroatoms. The molecular weight excluding hydrogens is 258 g/mol. The van der Waals surface area contributed by atoms with Crippen LogP contribution < -0.4 is 0 Å². The molecule has 1 aliphatic rings. The molecule has 1 saturated heterocycles. The molecule has 1 aromatic carbocycles. The Kier molecular flexibility index (Phi) is 4.54. The fourth-order valence-electron chi connectivity index (χ4n) is 2.81. The second-order valence-electron chi connectivity index (χ2n) is 6.51. The molecule has 0 bridgehead atoms. The van der Waals surface area contributed by atoms with Crippen LogP contribution in [0.15, 0.2) is 18.2 Å². The third-order valence-corrected chi connectivity index (χ3v) is 4.25. The standard InChI is InChI=1S/C16H24ClNO/c1-16(2,3)14-7-6-12(9-15(14)17)10-18-8-4-5-13(18)11-19/h6-7,9,13,19H,4-5,8,10-11H2,1-3H3/t13-/m0/s1. The van der Waals surface area contributed by atoms with Crippen LogP contribution in [0.4, 0.5) is 0 Å². The molecule has 1 fully saturated rings. The Morgan fingerprint density at radius 2 is 2.11 bits per heavy atom. The Morgan fingerprint density at radius 3 is 2.68 bits per heavy atom. The molecule has 0 spiro atoms. The van der Waals surface area contributed by atoms with Crippen molar-refractivity contribution in [1.82, 2.24) is 4.90 Å². The van der Waals surface area contributed by atoms with Crippen molar-refractivity contribution in [3.05, 3.63) is 34.3 Å². The molecule has 0 amide bonds. The number of benzene rings is 1. The van der Waals surface area contributed by atoms with Gasteiger partial charge in [-0.2, -0.15) is 0 Å². The maximum absolute atomic E-state index is 9.35. The summed E-state index contributed by atoms with van der Waals surface area (Å²) in [5.41, 5.74) is 2.51. The van der Waals surface area contributed by atoms with Gasteiger partial charge in [-0.15, -0.1) is 0 Å². The lowest BCUT2D eigenvalue weighted by molar-refractivity contribution is 0.153. The third kappa shape index (κ3) is 3.50. The number of rotatable bonds is 3. The van der Waals surface area contributed by atoms with Gasteiger partial charge in [0.25, 0.3) is 0 Å². The van der Waals surface area contributed by atoms with E-state index in [2.05, 4.69) is 43.9 Å². The first-order valence-corrected chi connectivity index (χ1v) is 7.43. The smallest absolute Gasteiger partial charge is 0.0587 e. The fraction of sp³-hybridized carbons (Fsp3) is 0.625. The highest BCUT2D eigenvalue weighted by Gasteiger charge is 2.24. The minimum Gasteiger partial charge on any atom is -0.395 e. The van der Waals surface area contributed by atoms with E-state index in [0.29, 0.717) is 6.04 Å². The monoisotopic (exact) mass is 281 g/mol. The van der Waals surface area contributed by atoms with Gasteiger partial charge in [-0.25, -0.2) is 0 Å². The topological polar surface area (TPSA) is 23.5 Å². The summed E-state index contributed by atoms with van der Waals surface area (Å²) in [5.74, 6) is 0. The van der Waals surface area contributed by atoms with Crippen LogP contribution in [0, 0.1) is 0 Å². The van der Waals surface area contributed by atoms with Gasteiger partial charge < -0.3 is 5.11 Å². The van der Waals surface area contributed by atoms with Crippen molar-refractivity contribution in [2.45, 2.75) is 51.6 Å². The van der Waals surface area contributed by atoms with E-state index in [4.69, 9.17) is 11.6 Å². The van der Waals surface area contributed by atoms with E-state index in [1.54, 1.807) is 0 Å². The molecule has 1 aromatic rings. The number of halogens is 1. The van der Waals surface area contributed by atoms with Gasteiger partial charge in [0.15, 0.2) is 0 Å². The Morgan fingerprint density at radius 1 is 1.37 bits per heavy atom. The molecule has 1 heterocycles. The van der Waals surface area contributed by atoms with Gasteiger partial charge in [-0.3, -0.25) is 4.90 Å². The molecule has 0 saturated carbocycles. The summed E-state index contributed by atoms with van der Waals surface area (Å²) in [6.45, 7) is 8.75. The summed E-state index contributed by atoms with van der Waals surface area (Å²) >= 11 is 6.40. The van der Waals surface area contributed by atoms with Gasteiger partial charge in [0.1, 0.15) is 0 Å². The predicted molar refractivity (Wildman–Crippen MR) is 80.7 cm³/mol. The first kappa shape index (κ1) is 14.8. The van der Waals surface area contributed by atoms with Crippen molar-refractivity contribution in [3.63, 3.8) is 0 Å². The van der Waals surface area contributed by atoms with Gasteiger partial charge >= 0.3 is 0 Å². The van der Waals surface area contributed by atoms with Crippen molar-refractivity contribution < 1.29 is 5.11 Å². The van der Waals surface area contributed by atoms with E-state index in [1.165, 1.54) is 17.5 Å². The summed E-state index contributed by atoms with van der Waals surface area (Å²) < 4.78 is 0. The van der Waals surface area contributed by atoms with E-state index in [1.807, 2.05) is 0 Å². The zero-order valence-corrected chi connectivity index (χ0v) is 12.9. The first-order chi connectivity index (χ1) is 8.91. The van der Waals surface area contributed by atoms with E-state index in [9.17, 15) is 5.11 Å². The fourth-order valence-corrected chi connectivity index (χ4v) is 3.30. The zero-order chi connectivity index (χ0) is 14.0. The zero-order valence-electron chi connectivity index (χ0n) is 12.1. The minimum atomic E-state index is 0.0802. The maximum atomic E-state index is 9.35. The van der Waals surface area contributed by atoms with Gasteiger partial charge in [0, 0.05) is 17.6 Å². The van der Waals surface area contributed by atoms with Crippen LogP contribution in [-0.4, -0.2) is 29.2 Å². The van der Waals surface area contributed by atoms with Crippen molar-refractivity contribution in [2.75, 3.05) is 13.2 Å². The highest BCUT2D eigenvalue weighted by Crippen LogP contribution is 2.31. The molecule has 1 aliphatic heterocycles. The molecule has 1 atom stereocenters. The third-order valence-electron chi connectivity index (χ3n) is 3.94. The molecule has 19 heavy (non-hydrogen) atoms. The molecule has 1 N–H and O–H groups in total. The molecule has 0 radical (unpaired) electrons. The SMILES string of the molecule is CC(C)(C)c1ccc(CN2CCC[C@H]2CO)cc1Cl. The Hall–Kier alpha value is -0.570. The molecular formula is C16H24ClNO. The average Bonchev–Trinajstić information content (AvgIpc) is 2.74. The number of hydrogen-bond donors (Lipinski definition) is 1. The lowest BCUT2D eigenvalue weighted by Gasteiger charge is -2.24. The van der Waals surface area contributed by atoms with Crippen molar-refractivity contribution >= 4 is 11.6 Å². The second kappa shape index (κ2) is 5.82. The maximum Gasteiger partial charge on any atom is 0.0587 e. The molecule has 0 aromatic heterocycles. The molecule has 0 unspecified atom stereocenters. The molecule has 2 nitrogen and oxygen atoms in total. The summed E-state index contributed by atoms with van der Waals surface area (Å²) in [7, 11) is 0. The average molecular weight is 282 g/mol. The van der Waals surface area contributed by atoms with E-state index >= 15 is 0 Å². The second-order valence-corrected chi connectivity index (χ2v) is 6.92. The van der Waals surface area contributed by atoms with Crippen LogP contribution in [0.3, 0.4) is 0 Å². The first-order valence-electron chi connectivity index (χ1n) is 7.05. The predicted octanol–water partition coefficient (Wildman–Crippen LogP) is 3.59. The van der Waals surface area contributed by atoms with Gasteiger partial charge in [-0.05, 0) is 42.0 Å². The van der Waals surface area contributed by atoms with Gasteiger partial charge in [0.2, 0.25) is 0 Å². The number of hydrogen-bond acceptors (Lipinski definition) is 2. The number of nitrogens with zero attached hydrogens (tertiary/aromatic N) is 1. The van der Waals surface area contributed by atoms with Gasteiger partial charge in [-0.1, -0.05) is 44.5 Å². The Balaban J connectivity index is 2.12. The molecule has 0 aliphatic carbocycles. The van der Waals surface area contributed by atoms with Crippen molar-refractivity contribution in [2.24, 2.45) is 0 Å². The summed E-state index contributed by atoms with van der Waals surface area (Å²) in [5, 5.41) is 10.2. The quantitative estimate of drug-likeness (QED) is 0.915. The van der Waals surface area contributed by atoms with Crippen LogP contribution in [0.5, 0.6) is 0 Å². The Bertz CT molecular complexity index is 439. The highest BCUT2D eigenvalue weighted by atomic mass is 35.5. The van der Waals surface area contributed by atoms with E-state index in [0.717, 1.165) is 24.5 Å². The minimum absolute atomic E-state index is 0.0802. The number of likely N-dealkylation sites (tertiary alicyclic amines) is 1.